The predicted octanol–water partition coefficient (Wildman–Crippen LogP) is 3.14. The molecule has 0 N–H and O–H groups in total. The van der Waals surface area contributed by atoms with E-state index in [1.807, 2.05) is 25.1 Å². The van der Waals surface area contributed by atoms with Crippen molar-refractivity contribution in [2.45, 2.75) is 6.92 Å². The van der Waals surface area contributed by atoms with Crippen LogP contribution in [0, 0.1) is 0 Å². The van der Waals surface area contributed by atoms with E-state index in [9.17, 15) is 0 Å². The Kier molecular flexibility index (Phi) is 4.53. The number of likely N-dealkylation sites (N-methyl/N-ethyl adjacent to an activating group) is 1. The average Bonchev–Trinajstić information content (AvgIpc) is 2.42. The van der Waals surface area contributed by atoms with E-state index in [2.05, 4.69) is 54.4 Å². The molecule has 0 radical (unpaired) electrons. The van der Waals surface area contributed by atoms with Crippen molar-refractivity contribution in [3.63, 3.8) is 0 Å². The number of nitrogens with zero attached hydrogens (tertiary/aromatic N) is 3. The van der Waals surface area contributed by atoms with Crippen molar-refractivity contribution in [2.75, 3.05) is 32.1 Å². The van der Waals surface area contributed by atoms with Crippen LogP contribution >= 0.6 is 0 Å². The van der Waals surface area contributed by atoms with E-state index >= 15 is 0 Å². The van der Waals surface area contributed by atoms with Crippen LogP contribution in [-0.4, -0.2) is 37.1 Å². The second-order valence-corrected chi connectivity index (χ2v) is 4.84. The third-order valence-corrected chi connectivity index (χ3v) is 3.00. The zero-order valence-electron chi connectivity index (χ0n) is 11.9. The molecule has 0 aliphatic heterocycles. The van der Waals surface area contributed by atoms with Gasteiger partial charge in [-0.15, -0.1) is 0 Å². The van der Waals surface area contributed by atoms with E-state index in [0.717, 1.165) is 24.4 Å². The highest BCUT2D eigenvalue weighted by atomic mass is 15.2. The van der Waals surface area contributed by atoms with E-state index < -0.39 is 0 Å². The summed E-state index contributed by atoms with van der Waals surface area (Å²) in [6.07, 6.45) is 4.13. The Morgan fingerprint density at radius 2 is 1.84 bits per heavy atom. The fourth-order valence-electron chi connectivity index (χ4n) is 1.97. The van der Waals surface area contributed by atoms with Gasteiger partial charge in [0.15, 0.2) is 0 Å². The molecule has 2 aromatic rings. The molecule has 0 fully saturated rings. The van der Waals surface area contributed by atoms with Crippen LogP contribution in [0.4, 0.5) is 5.82 Å². The Bertz CT molecular complexity index is 561. The Hall–Kier alpha value is -1.87. The predicted molar refractivity (Wildman–Crippen MR) is 82.5 cm³/mol. The summed E-state index contributed by atoms with van der Waals surface area (Å²) in [7, 11) is 4.17. The Morgan fingerprint density at radius 3 is 2.58 bits per heavy atom. The van der Waals surface area contributed by atoms with Gasteiger partial charge in [0, 0.05) is 24.7 Å². The van der Waals surface area contributed by atoms with Crippen molar-refractivity contribution in [3.8, 4) is 0 Å². The molecule has 0 bridgehead atoms. The summed E-state index contributed by atoms with van der Waals surface area (Å²) in [5.41, 5.74) is 1.04. The lowest BCUT2D eigenvalue weighted by Crippen LogP contribution is -2.28. The fourth-order valence-corrected chi connectivity index (χ4v) is 1.97. The monoisotopic (exact) mass is 255 g/mol. The molecular weight excluding hydrogens is 234 g/mol. The second kappa shape index (κ2) is 6.34. The first kappa shape index (κ1) is 13.6. The number of rotatable bonds is 5. The Balaban J connectivity index is 2.27. The van der Waals surface area contributed by atoms with Gasteiger partial charge in [0.2, 0.25) is 0 Å². The van der Waals surface area contributed by atoms with Gasteiger partial charge in [-0.25, -0.2) is 4.98 Å². The number of pyridine rings is 1. The summed E-state index contributed by atoms with van der Waals surface area (Å²) < 4.78 is 0. The lowest BCUT2D eigenvalue weighted by atomic mass is 10.2. The lowest BCUT2D eigenvalue weighted by Gasteiger charge is -2.21. The molecule has 0 aliphatic rings. The van der Waals surface area contributed by atoms with Crippen LogP contribution in [-0.2, 0) is 0 Å². The average molecular weight is 255 g/mol. The molecular formula is C16H21N3. The summed E-state index contributed by atoms with van der Waals surface area (Å²) in [6, 6.07) is 12.4. The van der Waals surface area contributed by atoms with Gasteiger partial charge in [-0.3, -0.25) is 0 Å². The molecule has 0 aliphatic carbocycles. The zero-order chi connectivity index (χ0) is 13.7. The molecule has 0 unspecified atom stereocenters. The van der Waals surface area contributed by atoms with E-state index in [1.54, 1.807) is 0 Å². The van der Waals surface area contributed by atoms with Gasteiger partial charge in [0.25, 0.3) is 0 Å². The molecule has 19 heavy (non-hydrogen) atoms. The molecule has 2 rings (SSSR count). The maximum atomic E-state index is 4.73. The smallest absolute Gasteiger partial charge is 0.133 e. The van der Waals surface area contributed by atoms with Gasteiger partial charge in [-0.1, -0.05) is 24.3 Å². The second-order valence-electron chi connectivity index (χ2n) is 4.84. The molecule has 3 nitrogen and oxygen atoms in total. The zero-order valence-corrected chi connectivity index (χ0v) is 11.9. The molecule has 0 saturated heterocycles. The first-order valence-electron chi connectivity index (χ1n) is 6.60. The van der Waals surface area contributed by atoms with Crippen LogP contribution in [0.1, 0.15) is 6.92 Å². The lowest BCUT2D eigenvalue weighted by molar-refractivity contribution is 0.418. The number of anilines is 1. The van der Waals surface area contributed by atoms with Gasteiger partial charge in [-0.2, -0.15) is 0 Å². The number of aromatic nitrogens is 1. The van der Waals surface area contributed by atoms with Crippen molar-refractivity contribution in [3.05, 3.63) is 48.7 Å². The molecule has 0 amide bonds. The van der Waals surface area contributed by atoms with Crippen LogP contribution in [0.5, 0.6) is 0 Å². The van der Waals surface area contributed by atoms with Gasteiger partial charge in [-0.05, 0) is 39.2 Å². The molecule has 0 atom stereocenters. The molecule has 0 saturated carbocycles. The minimum absolute atomic E-state index is 0.933. The largest absolute Gasteiger partial charge is 0.332 e. The van der Waals surface area contributed by atoms with E-state index in [1.165, 1.54) is 5.39 Å². The van der Waals surface area contributed by atoms with E-state index in [0.29, 0.717) is 0 Å². The van der Waals surface area contributed by atoms with Crippen molar-refractivity contribution < 1.29 is 0 Å². The topological polar surface area (TPSA) is 19.4 Å². The van der Waals surface area contributed by atoms with Crippen molar-refractivity contribution in [1.29, 1.82) is 0 Å². The first-order chi connectivity index (χ1) is 9.20. The maximum Gasteiger partial charge on any atom is 0.133 e. The first-order valence-corrected chi connectivity index (χ1v) is 6.60. The standard InChI is InChI=1S/C16H21N3/c1-4-11-19(13-12-18(2)3)16-10-9-14-7-5-6-8-15(14)17-16/h4-11H,12-13H2,1-3H3. The van der Waals surface area contributed by atoms with E-state index in [4.69, 9.17) is 4.98 Å². The van der Waals surface area contributed by atoms with Crippen molar-refractivity contribution >= 4 is 16.7 Å². The molecule has 1 heterocycles. The SMILES string of the molecule is CC=CN(CCN(C)C)c1ccc2ccccc2n1. The van der Waals surface area contributed by atoms with Gasteiger partial charge in [0.05, 0.1) is 5.52 Å². The van der Waals surface area contributed by atoms with Gasteiger partial charge >= 0.3 is 0 Å². The highest BCUT2D eigenvalue weighted by molar-refractivity contribution is 5.80. The van der Waals surface area contributed by atoms with Crippen LogP contribution < -0.4 is 4.90 Å². The summed E-state index contributed by atoms with van der Waals surface area (Å²) in [4.78, 5) is 9.09. The molecule has 1 aromatic carbocycles. The van der Waals surface area contributed by atoms with Gasteiger partial charge < -0.3 is 9.80 Å². The minimum atomic E-state index is 0.933. The fraction of sp³-hybridized carbons (Fsp3) is 0.312. The molecule has 100 valence electrons. The Labute approximate surface area is 115 Å². The van der Waals surface area contributed by atoms with Crippen LogP contribution in [0.2, 0.25) is 0 Å². The van der Waals surface area contributed by atoms with Crippen LogP contribution in [0.3, 0.4) is 0 Å². The minimum Gasteiger partial charge on any atom is -0.332 e. The summed E-state index contributed by atoms with van der Waals surface area (Å²) in [5, 5.41) is 1.18. The number of fused-ring (bicyclic) bond motifs is 1. The third kappa shape index (κ3) is 3.55. The number of para-hydroxylation sites is 1. The Morgan fingerprint density at radius 1 is 1.05 bits per heavy atom. The summed E-state index contributed by atoms with van der Waals surface area (Å²) in [6.45, 7) is 3.96. The number of hydrogen-bond acceptors (Lipinski definition) is 3. The highest BCUT2D eigenvalue weighted by Crippen LogP contribution is 2.18. The van der Waals surface area contributed by atoms with E-state index in [-0.39, 0.29) is 0 Å². The molecule has 3 heteroatoms. The van der Waals surface area contributed by atoms with Crippen LogP contribution in [0.15, 0.2) is 48.7 Å². The van der Waals surface area contributed by atoms with Crippen molar-refractivity contribution in [2.24, 2.45) is 0 Å². The van der Waals surface area contributed by atoms with Crippen LogP contribution in [0.25, 0.3) is 10.9 Å². The number of hydrogen-bond donors (Lipinski definition) is 0. The third-order valence-electron chi connectivity index (χ3n) is 3.00. The number of allylic oxidation sites excluding steroid dienone is 1. The highest BCUT2D eigenvalue weighted by Gasteiger charge is 2.06. The van der Waals surface area contributed by atoms with Gasteiger partial charge in [0.1, 0.15) is 5.82 Å². The van der Waals surface area contributed by atoms with Crippen molar-refractivity contribution in [1.82, 2.24) is 9.88 Å². The molecule has 1 aromatic heterocycles. The maximum absolute atomic E-state index is 4.73. The summed E-state index contributed by atoms with van der Waals surface area (Å²) in [5.74, 6) is 0.999. The normalized spacial score (nSPS) is 11.6. The number of benzene rings is 1. The summed E-state index contributed by atoms with van der Waals surface area (Å²) >= 11 is 0. The quantitative estimate of drug-likeness (QED) is 0.818. The molecule has 0 spiro atoms.